The molecule has 4 aromatic carbocycles. The number of halogens is 2. The number of rotatable bonds is 10. The molecule has 1 aliphatic heterocycles. The fraction of sp³-hybridized carbons (Fsp3) is 0.216. The number of esters is 1. The van der Waals surface area contributed by atoms with Crippen molar-refractivity contribution in [1.82, 2.24) is 4.57 Å². The smallest absolute Gasteiger partial charge is 0.338 e. The van der Waals surface area contributed by atoms with Gasteiger partial charge >= 0.3 is 5.97 Å². The second-order valence-electron chi connectivity index (χ2n) is 10.9. The molecule has 0 N–H and O–H groups in total. The van der Waals surface area contributed by atoms with E-state index in [1.165, 1.54) is 11.3 Å². The zero-order valence-electron chi connectivity index (χ0n) is 26.1. The van der Waals surface area contributed by atoms with E-state index in [-0.39, 0.29) is 12.2 Å². The Bertz CT molecular complexity index is 2190. The molecule has 1 aliphatic rings. The van der Waals surface area contributed by atoms with Gasteiger partial charge in [-0.1, -0.05) is 94.7 Å². The summed E-state index contributed by atoms with van der Waals surface area (Å²) in [6, 6.07) is 24.2. The van der Waals surface area contributed by atoms with Crippen LogP contribution in [0.3, 0.4) is 0 Å². The van der Waals surface area contributed by atoms with Crippen LogP contribution in [0.4, 0.5) is 0 Å². The number of carbonyl (C=O) groups is 1. The van der Waals surface area contributed by atoms with Gasteiger partial charge in [-0.25, -0.2) is 9.79 Å². The molecule has 10 heteroatoms. The summed E-state index contributed by atoms with van der Waals surface area (Å²) in [6.07, 6.45) is 3.13. The van der Waals surface area contributed by atoms with Crippen molar-refractivity contribution < 1.29 is 19.0 Å². The van der Waals surface area contributed by atoms with E-state index < -0.39 is 12.0 Å². The zero-order chi connectivity index (χ0) is 33.1. The van der Waals surface area contributed by atoms with Gasteiger partial charge in [0.1, 0.15) is 24.1 Å². The first-order valence-electron chi connectivity index (χ1n) is 15.3. The molecule has 0 unspecified atom stereocenters. The van der Waals surface area contributed by atoms with Crippen molar-refractivity contribution in [2.45, 2.75) is 39.3 Å². The average molecular weight is 732 g/mol. The lowest BCUT2D eigenvalue weighted by atomic mass is 9.93. The summed E-state index contributed by atoms with van der Waals surface area (Å²) in [5, 5.41) is 2.40. The Balaban J connectivity index is 1.58. The van der Waals surface area contributed by atoms with Crippen LogP contribution < -0.4 is 24.4 Å². The lowest BCUT2D eigenvalue weighted by molar-refractivity contribution is -0.139. The number of fused-ring (bicyclic) bond motifs is 2. The highest BCUT2D eigenvalue weighted by Crippen LogP contribution is 2.38. The van der Waals surface area contributed by atoms with E-state index >= 15 is 0 Å². The molecule has 0 amide bonds. The van der Waals surface area contributed by atoms with Gasteiger partial charge in [-0.3, -0.25) is 9.36 Å². The summed E-state index contributed by atoms with van der Waals surface area (Å²) in [5.74, 6) is 0.606. The van der Waals surface area contributed by atoms with Gasteiger partial charge in [-0.15, -0.1) is 0 Å². The third-order valence-electron chi connectivity index (χ3n) is 7.89. The fourth-order valence-electron chi connectivity index (χ4n) is 5.76. The third-order valence-corrected chi connectivity index (χ3v) is 9.64. The number of ether oxygens (including phenoxy) is 3. The van der Waals surface area contributed by atoms with E-state index in [4.69, 9.17) is 30.8 Å². The Morgan fingerprint density at radius 2 is 1.81 bits per heavy atom. The van der Waals surface area contributed by atoms with Crippen LogP contribution >= 0.6 is 38.9 Å². The highest BCUT2D eigenvalue weighted by molar-refractivity contribution is 9.10. The molecule has 2 heterocycles. The fourth-order valence-corrected chi connectivity index (χ4v) is 7.20. The number of carbonyl (C=O) groups excluding carboxylic acids is 1. The van der Waals surface area contributed by atoms with Crippen molar-refractivity contribution >= 4 is 61.7 Å². The Kier molecular flexibility index (Phi) is 9.96. The van der Waals surface area contributed by atoms with E-state index in [0.29, 0.717) is 55.7 Å². The van der Waals surface area contributed by atoms with E-state index in [9.17, 15) is 9.59 Å². The third kappa shape index (κ3) is 6.66. The largest absolute Gasteiger partial charge is 0.496 e. The van der Waals surface area contributed by atoms with Gasteiger partial charge in [-0.05, 0) is 72.2 Å². The summed E-state index contributed by atoms with van der Waals surface area (Å²) >= 11 is 11.2. The van der Waals surface area contributed by atoms with Crippen LogP contribution in [0.1, 0.15) is 49.4 Å². The molecule has 7 nitrogen and oxygen atoms in total. The molecule has 0 saturated carbocycles. The number of hydrogen-bond donors (Lipinski definition) is 0. The molecule has 1 aromatic heterocycles. The van der Waals surface area contributed by atoms with Crippen molar-refractivity contribution in [2.24, 2.45) is 4.99 Å². The van der Waals surface area contributed by atoms with Crippen LogP contribution in [-0.4, -0.2) is 24.3 Å². The van der Waals surface area contributed by atoms with Crippen LogP contribution in [-0.2, 0) is 16.1 Å². The number of methoxy groups -OCH3 is 1. The van der Waals surface area contributed by atoms with Gasteiger partial charge < -0.3 is 14.2 Å². The maximum absolute atomic E-state index is 14.5. The number of hydrogen-bond acceptors (Lipinski definition) is 7. The molecule has 0 aliphatic carbocycles. The van der Waals surface area contributed by atoms with E-state index in [1.54, 1.807) is 36.8 Å². The van der Waals surface area contributed by atoms with Crippen molar-refractivity contribution in [3.05, 3.63) is 136 Å². The summed E-state index contributed by atoms with van der Waals surface area (Å²) in [6.45, 7) is 4.30. The summed E-state index contributed by atoms with van der Waals surface area (Å²) in [7, 11) is 1.55. The summed E-state index contributed by atoms with van der Waals surface area (Å²) in [4.78, 5) is 33.5. The molecule has 5 aromatic rings. The maximum atomic E-state index is 14.5. The molecule has 0 radical (unpaired) electrons. The van der Waals surface area contributed by atoms with Gasteiger partial charge in [0, 0.05) is 20.6 Å². The SMILES string of the molecule is CCCC1=C(C(=O)OCC)[C@@H](c2cc(Cl)ccc2OC)n2c(s/c(=C/c3c(OCc4ccc(Br)cc4)ccc4ccccc34)c2=O)=N1. The van der Waals surface area contributed by atoms with Crippen LogP contribution in [0, 0.1) is 0 Å². The zero-order valence-corrected chi connectivity index (χ0v) is 29.2. The molecule has 6 rings (SSSR count). The van der Waals surface area contributed by atoms with E-state index in [2.05, 4.69) is 15.9 Å². The molecule has 0 bridgehead atoms. The predicted octanol–water partition coefficient (Wildman–Crippen LogP) is 7.74. The average Bonchev–Trinajstić information content (AvgIpc) is 3.38. The molecular weight excluding hydrogens is 700 g/mol. The van der Waals surface area contributed by atoms with Crippen molar-refractivity contribution in [3.63, 3.8) is 0 Å². The Hall–Kier alpha value is -4.18. The minimum absolute atomic E-state index is 0.176. The first kappa shape index (κ1) is 32.7. The number of nitrogens with zero attached hydrogens (tertiary/aromatic N) is 2. The van der Waals surface area contributed by atoms with Crippen LogP contribution in [0.2, 0.25) is 5.02 Å². The van der Waals surface area contributed by atoms with Crippen LogP contribution in [0.15, 0.2) is 104 Å². The lowest BCUT2D eigenvalue weighted by Gasteiger charge is -2.27. The van der Waals surface area contributed by atoms with E-state index in [1.807, 2.05) is 73.7 Å². The highest BCUT2D eigenvalue weighted by Gasteiger charge is 2.36. The van der Waals surface area contributed by atoms with Gasteiger partial charge in [0.15, 0.2) is 4.80 Å². The molecule has 240 valence electrons. The summed E-state index contributed by atoms with van der Waals surface area (Å²) < 4.78 is 20.6. The van der Waals surface area contributed by atoms with Gasteiger partial charge in [0.25, 0.3) is 5.56 Å². The lowest BCUT2D eigenvalue weighted by Crippen LogP contribution is -2.40. The monoisotopic (exact) mass is 730 g/mol. The molecule has 0 spiro atoms. The minimum atomic E-state index is -0.858. The molecular formula is C37H32BrClN2O5S. The van der Waals surface area contributed by atoms with Crippen molar-refractivity contribution in [1.29, 1.82) is 0 Å². The number of allylic oxidation sites excluding steroid dienone is 1. The molecule has 0 saturated heterocycles. The Morgan fingerprint density at radius 1 is 1.04 bits per heavy atom. The number of benzene rings is 4. The van der Waals surface area contributed by atoms with Crippen molar-refractivity contribution in [2.75, 3.05) is 13.7 Å². The first-order valence-corrected chi connectivity index (χ1v) is 17.3. The molecule has 0 fully saturated rings. The number of aromatic nitrogens is 1. The molecule has 1 atom stereocenters. The standard InChI is InChI=1S/C37H32BrClN2O5S/c1-4-8-29-33(36(43)45-5-2)34(28-19-25(39)16-18-30(28)44-3)41-35(42)32(47-37(41)40-29)20-27-26-10-7-6-9-23(26)13-17-31(27)46-21-22-11-14-24(38)15-12-22/h6-7,9-20,34H,4-5,8,21H2,1-3H3/b32-20+/t34-/m1/s1. The quantitative estimate of drug-likeness (QED) is 0.138. The highest BCUT2D eigenvalue weighted by atomic mass is 79.9. The van der Waals surface area contributed by atoms with E-state index in [0.717, 1.165) is 32.8 Å². The van der Waals surface area contributed by atoms with Crippen LogP contribution in [0.25, 0.3) is 16.8 Å². The topological polar surface area (TPSA) is 79.1 Å². The second kappa shape index (κ2) is 14.3. The van der Waals surface area contributed by atoms with Crippen molar-refractivity contribution in [3.8, 4) is 11.5 Å². The van der Waals surface area contributed by atoms with Crippen LogP contribution in [0.5, 0.6) is 11.5 Å². The Morgan fingerprint density at radius 3 is 2.55 bits per heavy atom. The van der Waals surface area contributed by atoms with Gasteiger partial charge in [-0.2, -0.15) is 0 Å². The molecule has 47 heavy (non-hydrogen) atoms. The normalized spacial score (nSPS) is 14.6. The minimum Gasteiger partial charge on any atom is -0.496 e. The second-order valence-corrected chi connectivity index (χ2v) is 13.3. The Labute approximate surface area is 289 Å². The first-order chi connectivity index (χ1) is 22.8. The van der Waals surface area contributed by atoms with Gasteiger partial charge in [0.05, 0.1) is 29.5 Å². The maximum Gasteiger partial charge on any atom is 0.338 e. The predicted molar refractivity (Wildman–Crippen MR) is 190 cm³/mol. The summed E-state index contributed by atoms with van der Waals surface area (Å²) in [5.41, 5.74) is 2.94. The van der Waals surface area contributed by atoms with Gasteiger partial charge in [0.2, 0.25) is 0 Å². The number of thiazole rings is 1.